The van der Waals surface area contributed by atoms with Gasteiger partial charge in [0, 0.05) is 21.7 Å². The monoisotopic (exact) mass is 448 g/mol. The molecule has 5 aromatic rings. The van der Waals surface area contributed by atoms with Crippen molar-refractivity contribution in [1.29, 1.82) is 0 Å². The van der Waals surface area contributed by atoms with E-state index in [1.54, 1.807) is 54.6 Å². The minimum Gasteiger partial charge on any atom is -0.334 e. The van der Waals surface area contributed by atoms with Crippen LogP contribution in [-0.4, -0.2) is 19.7 Å². The molecule has 0 saturated carbocycles. The molecule has 0 bridgehead atoms. The van der Waals surface area contributed by atoms with E-state index in [4.69, 9.17) is 16.1 Å². The second-order valence-corrected chi connectivity index (χ2v) is 7.54. The Morgan fingerprint density at radius 2 is 1.84 bits per heavy atom. The van der Waals surface area contributed by atoms with Crippen molar-refractivity contribution in [2.75, 3.05) is 0 Å². The van der Waals surface area contributed by atoms with Crippen LogP contribution in [0.25, 0.3) is 33.7 Å². The third-order valence-electron chi connectivity index (χ3n) is 5.02. The summed E-state index contributed by atoms with van der Waals surface area (Å²) in [4.78, 5) is 32.5. The molecule has 0 aliphatic carbocycles. The Balaban J connectivity index is 1.54. The van der Waals surface area contributed by atoms with Crippen LogP contribution in [0.3, 0.4) is 0 Å². The molecule has 2 heterocycles. The second-order valence-electron chi connectivity index (χ2n) is 7.11. The van der Waals surface area contributed by atoms with Gasteiger partial charge in [-0.3, -0.25) is 9.36 Å². The van der Waals surface area contributed by atoms with Crippen molar-refractivity contribution in [2.24, 2.45) is 0 Å². The maximum absolute atomic E-state index is 14.0. The zero-order chi connectivity index (χ0) is 22.2. The summed E-state index contributed by atoms with van der Waals surface area (Å²) in [5.74, 6) is 0.0933. The number of aromatic amines is 1. The first-order chi connectivity index (χ1) is 15.5. The molecule has 3 aromatic carbocycles. The largest absolute Gasteiger partial charge is 0.334 e. The highest BCUT2D eigenvalue weighted by Crippen LogP contribution is 2.25. The van der Waals surface area contributed by atoms with Gasteiger partial charge in [0.2, 0.25) is 5.82 Å². The first-order valence-corrected chi connectivity index (χ1v) is 9.98. The number of benzene rings is 3. The van der Waals surface area contributed by atoms with Crippen LogP contribution in [0.2, 0.25) is 5.02 Å². The molecule has 0 fully saturated rings. The van der Waals surface area contributed by atoms with Crippen LogP contribution < -0.4 is 11.2 Å². The lowest BCUT2D eigenvalue weighted by Gasteiger charge is -2.08. The minimum absolute atomic E-state index is 0.175. The van der Waals surface area contributed by atoms with Crippen LogP contribution in [0.5, 0.6) is 0 Å². The molecule has 0 radical (unpaired) electrons. The number of halogens is 2. The van der Waals surface area contributed by atoms with E-state index in [2.05, 4.69) is 15.1 Å². The molecule has 0 saturated heterocycles. The van der Waals surface area contributed by atoms with Crippen LogP contribution in [0.4, 0.5) is 4.39 Å². The average Bonchev–Trinajstić information content (AvgIpc) is 3.28. The number of hydrogen-bond donors (Lipinski definition) is 1. The minimum atomic E-state index is -0.645. The van der Waals surface area contributed by atoms with Crippen LogP contribution in [0.15, 0.2) is 80.8 Å². The summed E-state index contributed by atoms with van der Waals surface area (Å²) >= 11 is 6.01. The number of aromatic nitrogens is 4. The van der Waals surface area contributed by atoms with Crippen molar-refractivity contribution >= 4 is 22.5 Å². The van der Waals surface area contributed by atoms with Gasteiger partial charge in [-0.2, -0.15) is 4.98 Å². The summed E-state index contributed by atoms with van der Waals surface area (Å²) in [6.07, 6.45) is 0. The number of hydrogen-bond acceptors (Lipinski definition) is 5. The van der Waals surface area contributed by atoms with Gasteiger partial charge < -0.3 is 9.51 Å². The van der Waals surface area contributed by atoms with Gasteiger partial charge >= 0.3 is 5.69 Å². The fourth-order valence-electron chi connectivity index (χ4n) is 3.41. The summed E-state index contributed by atoms with van der Waals surface area (Å²) < 4.78 is 20.3. The number of H-pyrrole nitrogens is 1. The molecule has 7 nitrogen and oxygen atoms in total. The smallest absolute Gasteiger partial charge is 0.329 e. The van der Waals surface area contributed by atoms with Crippen molar-refractivity contribution in [3.8, 4) is 22.8 Å². The molecule has 32 heavy (non-hydrogen) atoms. The topological polar surface area (TPSA) is 93.8 Å². The van der Waals surface area contributed by atoms with E-state index in [0.717, 1.165) is 4.57 Å². The zero-order valence-corrected chi connectivity index (χ0v) is 17.1. The van der Waals surface area contributed by atoms with Crippen LogP contribution >= 0.6 is 11.6 Å². The number of nitrogens with one attached hydrogen (secondary N) is 1. The van der Waals surface area contributed by atoms with Crippen molar-refractivity contribution < 1.29 is 8.91 Å². The number of nitrogens with zero attached hydrogens (tertiary/aromatic N) is 3. The molecule has 1 N–H and O–H groups in total. The van der Waals surface area contributed by atoms with Gasteiger partial charge in [-0.1, -0.05) is 47.1 Å². The van der Waals surface area contributed by atoms with E-state index in [1.807, 2.05) is 0 Å². The molecule has 0 unspecified atom stereocenters. The first kappa shape index (κ1) is 19.9. The standard InChI is InChI=1S/C23H14ClFN4O3/c24-16-6-3-5-13(10-16)20-27-21(32-28-20)14-8-9-17-19(11-14)26-23(31)29(22(17)30)12-15-4-1-2-7-18(15)25/h1-11H,12H2,(H,26,31). The fraction of sp³-hybridized carbons (Fsp3) is 0.0435. The summed E-state index contributed by atoms with van der Waals surface area (Å²) in [6.45, 7) is -0.175. The summed E-state index contributed by atoms with van der Waals surface area (Å²) in [5, 5.41) is 4.79. The van der Waals surface area contributed by atoms with E-state index in [1.165, 1.54) is 12.1 Å². The Labute approximate surface area is 184 Å². The van der Waals surface area contributed by atoms with Gasteiger partial charge in [-0.05, 0) is 36.4 Å². The van der Waals surface area contributed by atoms with E-state index in [-0.39, 0.29) is 23.4 Å². The third-order valence-corrected chi connectivity index (χ3v) is 5.26. The van der Waals surface area contributed by atoms with Gasteiger partial charge in [0.15, 0.2) is 0 Å². The fourth-order valence-corrected chi connectivity index (χ4v) is 3.60. The molecule has 158 valence electrons. The molecular weight excluding hydrogens is 435 g/mol. The van der Waals surface area contributed by atoms with Crippen LogP contribution in [0.1, 0.15) is 5.56 Å². The molecule has 5 rings (SSSR count). The first-order valence-electron chi connectivity index (χ1n) is 9.60. The Morgan fingerprint density at radius 3 is 2.66 bits per heavy atom. The Hall–Kier alpha value is -4.04. The Bertz CT molecular complexity index is 1590. The van der Waals surface area contributed by atoms with E-state index in [9.17, 15) is 14.0 Å². The molecule has 0 atom stereocenters. The second kappa shape index (κ2) is 7.90. The molecule has 2 aromatic heterocycles. The van der Waals surface area contributed by atoms with Gasteiger partial charge in [-0.25, -0.2) is 9.18 Å². The van der Waals surface area contributed by atoms with Crippen molar-refractivity contribution in [3.05, 3.63) is 104 Å². The number of fused-ring (bicyclic) bond motifs is 1. The Morgan fingerprint density at radius 1 is 1.00 bits per heavy atom. The van der Waals surface area contributed by atoms with E-state index in [0.29, 0.717) is 27.5 Å². The highest BCUT2D eigenvalue weighted by molar-refractivity contribution is 6.30. The van der Waals surface area contributed by atoms with E-state index < -0.39 is 17.1 Å². The molecule has 0 aliphatic heterocycles. The van der Waals surface area contributed by atoms with Crippen molar-refractivity contribution in [2.45, 2.75) is 6.54 Å². The molecule has 0 spiro atoms. The molecule has 0 amide bonds. The normalized spacial score (nSPS) is 11.2. The maximum Gasteiger partial charge on any atom is 0.329 e. The van der Waals surface area contributed by atoms with Crippen LogP contribution in [0, 0.1) is 5.82 Å². The van der Waals surface area contributed by atoms with E-state index >= 15 is 0 Å². The highest BCUT2D eigenvalue weighted by Gasteiger charge is 2.14. The van der Waals surface area contributed by atoms with Gasteiger partial charge in [-0.15, -0.1) is 0 Å². The summed E-state index contributed by atoms with van der Waals surface area (Å²) in [6, 6.07) is 17.8. The quantitative estimate of drug-likeness (QED) is 0.443. The summed E-state index contributed by atoms with van der Waals surface area (Å²) in [7, 11) is 0. The van der Waals surface area contributed by atoms with Crippen molar-refractivity contribution in [1.82, 2.24) is 19.7 Å². The van der Waals surface area contributed by atoms with Crippen molar-refractivity contribution in [3.63, 3.8) is 0 Å². The lowest BCUT2D eigenvalue weighted by Crippen LogP contribution is -2.35. The highest BCUT2D eigenvalue weighted by atomic mass is 35.5. The zero-order valence-electron chi connectivity index (χ0n) is 16.4. The Kier molecular flexibility index (Phi) is 4.91. The predicted octanol–water partition coefficient (Wildman–Crippen LogP) is 4.25. The summed E-state index contributed by atoms with van der Waals surface area (Å²) in [5.41, 5.74) is 0.606. The third kappa shape index (κ3) is 3.61. The van der Waals surface area contributed by atoms with Gasteiger partial charge in [0.25, 0.3) is 11.4 Å². The SMILES string of the molecule is O=c1[nH]c2cc(-c3nc(-c4cccc(Cl)c4)no3)ccc2c(=O)n1Cc1ccccc1F. The lowest BCUT2D eigenvalue weighted by molar-refractivity contribution is 0.432. The van der Waals surface area contributed by atoms with Crippen LogP contribution in [-0.2, 0) is 6.54 Å². The molecular formula is C23H14ClFN4O3. The lowest BCUT2D eigenvalue weighted by atomic mass is 10.1. The predicted molar refractivity (Wildman–Crippen MR) is 118 cm³/mol. The molecule has 0 aliphatic rings. The van der Waals surface area contributed by atoms with Gasteiger partial charge in [0.1, 0.15) is 5.82 Å². The average molecular weight is 449 g/mol. The maximum atomic E-state index is 14.0. The molecule has 9 heteroatoms. The number of rotatable bonds is 4. The van der Waals surface area contributed by atoms with Gasteiger partial charge in [0.05, 0.1) is 17.4 Å².